The van der Waals surface area contributed by atoms with Gasteiger partial charge in [0.15, 0.2) is 5.82 Å². The molecule has 3 rings (SSSR count). The number of amides is 2. The molecule has 0 spiro atoms. The second kappa shape index (κ2) is 8.91. The molecule has 0 atom stereocenters. The van der Waals surface area contributed by atoms with Crippen LogP contribution < -0.4 is 10.6 Å². The zero-order valence-electron chi connectivity index (χ0n) is 19.5. The summed E-state index contributed by atoms with van der Waals surface area (Å²) in [5.74, 6) is 0.531. The minimum Gasteiger partial charge on any atom is -0.326 e. The third kappa shape index (κ3) is 5.78. The average molecular weight is 431 g/mol. The number of hydrogen-bond donors (Lipinski definition) is 2. The fraction of sp³-hybridized carbons (Fsp3) is 0.308. The minimum atomic E-state index is -0.457. The van der Waals surface area contributed by atoms with Crippen molar-refractivity contribution in [2.45, 2.75) is 41.5 Å². The van der Waals surface area contributed by atoms with Crippen molar-refractivity contribution < 1.29 is 9.59 Å². The maximum Gasteiger partial charge on any atom is 0.229 e. The van der Waals surface area contributed by atoms with Crippen molar-refractivity contribution in [2.24, 2.45) is 10.8 Å². The summed E-state index contributed by atoms with van der Waals surface area (Å²) < 4.78 is 0. The Labute approximate surface area is 189 Å². The van der Waals surface area contributed by atoms with Crippen LogP contribution in [0.15, 0.2) is 60.8 Å². The summed E-state index contributed by atoms with van der Waals surface area (Å²) >= 11 is 0. The molecule has 0 saturated carbocycles. The van der Waals surface area contributed by atoms with Gasteiger partial charge in [-0.25, -0.2) is 9.97 Å². The van der Waals surface area contributed by atoms with E-state index in [1.807, 2.05) is 96.1 Å². The van der Waals surface area contributed by atoms with E-state index in [0.29, 0.717) is 5.82 Å². The van der Waals surface area contributed by atoms with E-state index in [1.54, 1.807) is 6.20 Å². The third-order valence-electron chi connectivity index (χ3n) is 4.86. The lowest BCUT2D eigenvalue weighted by Crippen LogP contribution is -2.27. The molecular formula is C26H30N4O2. The lowest BCUT2D eigenvalue weighted by molar-refractivity contribution is -0.123. The van der Waals surface area contributed by atoms with Gasteiger partial charge < -0.3 is 10.6 Å². The Kier molecular flexibility index (Phi) is 6.44. The Balaban J connectivity index is 1.75. The number of anilines is 2. The molecule has 2 aromatic carbocycles. The number of nitrogens with zero attached hydrogens (tertiary/aromatic N) is 2. The fourth-order valence-corrected chi connectivity index (χ4v) is 2.72. The highest BCUT2D eigenvalue weighted by atomic mass is 16.2. The Hall–Kier alpha value is -3.54. The van der Waals surface area contributed by atoms with E-state index < -0.39 is 10.8 Å². The second-order valence-electron chi connectivity index (χ2n) is 9.83. The van der Waals surface area contributed by atoms with Crippen molar-refractivity contribution in [3.8, 4) is 22.6 Å². The maximum atomic E-state index is 12.2. The molecule has 1 aromatic heterocycles. The standard InChI is InChI=1S/C26H30N4O2/c1-25(2,3)23(31)28-19-11-7-17(8-12-19)21-15-16-27-22(30-21)18-9-13-20(14-10-18)29-24(32)26(4,5)6/h7-16H,1-6H3,(H,28,31)(H,29,32). The van der Waals surface area contributed by atoms with Gasteiger partial charge >= 0.3 is 0 Å². The van der Waals surface area contributed by atoms with Crippen LogP contribution in [0.5, 0.6) is 0 Å². The smallest absolute Gasteiger partial charge is 0.229 e. The number of hydrogen-bond acceptors (Lipinski definition) is 4. The average Bonchev–Trinajstić information content (AvgIpc) is 2.73. The molecule has 1 heterocycles. The molecule has 2 N–H and O–H groups in total. The van der Waals surface area contributed by atoms with Crippen molar-refractivity contribution in [1.29, 1.82) is 0 Å². The van der Waals surface area contributed by atoms with Gasteiger partial charge in [0.05, 0.1) is 5.69 Å². The summed E-state index contributed by atoms with van der Waals surface area (Å²) in [5, 5.41) is 5.84. The third-order valence-corrected chi connectivity index (χ3v) is 4.86. The van der Waals surface area contributed by atoms with Gasteiger partial charge in [-0.15, -0.1) is 0 Å². The van der Waals surface area contributed by atoms with Crippen molar-refractivity contribution in [2.75, 3.05) is 10.6 Å². The lowest BCUT2D eigenvalue weighted by atomic mass is 9.95. The summed E-state index contributed by atoms with van der Waals surface area (Å²) in [6.07, 6.45) is 1.72. The first-order chi connectivity index (χ1) is 14.9. The molecule has 6 nitrogen and oxygen atoms in total. The summed E-state index contributed by atoms with van der Waals surface area (Å²) in [4.78, 5) is 33.4. The van der Waals surface area contributed by atoms with Gasteiger partial charge in [0.2, 0.25) is 11.8 Å². The van der Waals surface area contributed by atoms with Gasteiger partial charge in [-0.05, 0) is 42.5 Å². The highest BCUT2D eigenvalue weighted by Crippen LogP contribution is 2.25. The number of rotatable bonds is 4. The molecule has 0 aliphatic carbocycles. The number of aromatic nitrogens is 2. The predicted octanol–water partition coefficient (Wildman–Crippen LogP) is 5.78. The monoisotopic (exact) mass is 430 g/mol. The molecule has 0 bridgehead atoms. The van der Waals surface area contributed by atoms with Crippen LogP contribution in [0.1, 0.15) is 41.5 Å². The minimum absolute atomic E-state index is 0.0308. The van der Waals surface area contributed by atoms with E-state index in [-0.39, 0.29) is 11.8 Å². The van der Waals surface area contributed by atoms with E-state index in [4.69, 9.17) is 0 Å². The van der Waals surface area contributed by atoms with E-state index in [2.05, 4.69) is 20.6 Å². The van der Waals surface area contributed by atoms with Crippen molar-refractivity contribution in [3.05, 3.63) is 60.8 Å². The van der Waals surface area contributed by atoms with Crippen molar-refractivity contribution >= 4 is 23.2 Å². The normalized spacial score (nSPS) is 11.7. The second-order valence-corrected chi connectivity index (χ2v) is 9.83. The number of nitrogens with one attached hydrogen (secondary N) is 2. The van der Waals surface area contributed by atoms with E-state index in [0.717, 1.165) is 28.2 Å². The molecule has 0 radical (unpaired) electrons. The van der Waals surface area contributed by atoms with Crippen LogP contribution in [-0.4, -0.2) is 21.8 Å². The van der Waals surface area contributed by atoms with Crippen LogP contribution in [0.4, 0.5) is 11.4 Å². The zero-order chi connectivity index (χ0) is 23.5. The molecule has 0 fully saturated rings. The van der Waals surface area contributed by atoms with Gasteiger partial charge in [-0.2, -0.15) is 0 Å². The van der Waals surface area contributed by atoms with Crippen LogP contribution in [0.25, 0.3) is 22.6 Å². The molecule has 3 aromatic rings. The van der Waals surface area contributed by atoms with Gasteiger partial charge in [0, 0.05) is 39.5 Å². The van der Waals surface area contributed by atoms with Crippen LogP contribution >= 0.6 is 0 Å². The van der Waals surface area contributed by atoms with Crippen LogP contribution in [0.3, 0.4) is 0 Å². The maximum absolute atomic E-state index is 12.2. The molecule has 0 aliphatic heterocycles. The molecule has 0 saturated heterocycles. The van der Waals surface area contributed by atoms with Crippen molar-refractivity contribution in [3.63, 3.8) is 0 Å². The van der Waals surface area contributed by atoms with Crippen LogP contribution in [-0.2, 0) is 9.59 Å². The summed E-state index contributed by atoms with van der Waals surface area (Å²) in [6.45, 7) is 11.3. The first-order valence-corrected chi connectivity index (χ1v) is 10.6. The number of benzene rings is 2. The quantitative estimate of drug-likeness (QED) is 0.549. The molecule has 0 unspecified atom stereocenters. The summed E-state index contributed by atoms with van der Waals surface area (Å²) in [7, 11) is 0. The fourth-order valence-electron chi connectivity index (χ4n) is 2.72. The van der Waals surface area contributed by atoms with E-state index in [9.17, 15) is 9.59 Å². The van der Waals surface area contributed by atoms with Crippen LogP contribution in [0, 0.1) is 10.8 Å². The molecule has 6 heteroatoms. The molecule has 0 aliphatic rings. The Bertz CT molecular complexity index is 1020. The Morgan fingerprint density at radius 2 is 1.09 bits per heavy atom. The van der Waals surface area contributed by atoms with Crippen molar-refractivity contribution in [1.82, 2.24) is 9.97 Å². The first kappa shape index (κ1) is 23.1. The Morgan fingerprint density at radius 1 is 0.656 bits per heavy atom. The van der Waals surface area contributed by atoms with Gasteiger partial charge in [-0.3, -0.25) is 9.59 Å². The molecule has 2 amide bonds. The van der Waals surface area contributed by atoms with Gasteiger partial charge in [0.1, 0.15) is 0 Å². The largest absolute Gasteiger partial charge is 0.326 e. The number of carbonyl (C=O) groups is 2. The lowest BCUT2D eigenvalue weighted by Gasteiger charge is -2.17. The van der Waals surface area contributed by atoms with Crippen LogP contribution in [0.2, 0.25) is 0 Å². The predicted molar refractivity (Wildman–Crippen MR) is 129 cm³/mol. The highest BCUT2D eigenvalue weighted by Gasteiger charge is 2.22. The number of carbonyl (C=O) groups excluding carboxylic acids is 2. The molecule has 32 heavy (non-hydrogen) atoms. The SMILES string of the molecule is CC(C)(C)C(=O)Nc1ccc(-c2ccnc(-c3ccc(NC(=O)C(C)(C)C)cc3)n2)cc1. The Morgan fingerprint density at radius 3 is 1.53 bits per heavy atom. The molecule has 166 valence electrons. The van der Waals surface area contributed by atoms with E-state index >= 15 is 0 Å². The van der Waals surface area contributed by atoms with Gasteiger partial charge in [-0.1, -0.05) is 53.7 Å². The first-order valence-electron chi connectivity index (χ1n) is 10.6. The highest BCUT2D eigenvalue weighted by molar-refractivity contribution is 5.95. The zero-order valence-corrected chi connectivity index (χ0v) is 19.5. The summed E-state index contributed by atoms with van der Waals surface area (Å²) in [6, 6.07) is 16.9. The van der Waals surface area contributed by atoms with E-state index in [1.165, 1.54) is 0 Å². The van der Waals surface area contributed by atoms with Gasteiger partial charge in [0.25, 0.3) is 0 Å². The molecular weight excluding hydrogens is 400 g/mol. The summed E-state index contributed by atoms with van der Waals surface area (Å²) in [5.41, 5.74) is 3.14. The topological polar surface area (TPSA) is 84.0 Å².